The lowest BCUT2D eigenvalue weighted by Gasteiger charge is -2.10. The molecule has 58 valence electrons. The molecule has 1 unspecified atom stereocenters. The van der Waals surface area contributed by atoms with Crippen LogP contribution in [0.4, 0.5) is 0 Å². The van der Waals surface area contributed by atoms with Crippen LogP contribution in [0.2, 0.25) is 0 Å². The molecule has 0 fully saturated rings. The number of nitro groups is 1. The Morgan fingerprint density at radius 1 is 1.73 bits per heavy atom. The van der Waals surface area contributed by atoms with Gasteiger partial charge in [0.25, 0.3) is 6.04 Å². The van der Waals surface area contributed by atoms with Crippen LogP contribution in [0.5, 0.6) is 0 Å². The normalized spacial score (nSPS) is 23.1. The first-order chi connectivity index (χ1) is 5.13. The van der Waals surface area contributed by atoms with Crippen molar-refractivity contribution in [3.63, 3.8) is 0 Å². The van der Waals surface area contributed by atoms with Gasteiger partial charge in [0.05, 0.1) is 0 Å². The third-order valence-corrected chi connectivity index (χ3v) is 1.42. The molecule has 4 nitrogen and oxygen atoms in total. The van der Waals surface area contributed by atoms with E-state index in [2.05, 4.69) is 6.58 Å². The fourth-order valence-corrected chi connectivity index (χ4v) is 0.886. The Labute approximate surface area is 63.3 Å². The highest BCUT2D eigenvalue weighted by atomic mass is 16.6. The first-order valence-electron chi connectivity index (χ1n) is 3.02. The Morgan fingerprint density at radius 2 is 2.36 bits per heavy atom. The Balaban J connectivity index is 2.95. The summed E-state index contributed by atoms with van der Waals surface area (Å²) in [6.07, 6.45) is 4.33. The average molecular weight is 153 g/mol. The molecule has 0 bridgehead atoms. The number of hydrogen-bond donors (Lipinski definition) is 1. The van der Waals surface area contributed by atoms with Gasteiger partial charge in [0.2, 0.25) is 0 Å². The number of hydrogen-bond acceptors (Lipinski definition) is 3. The average Bonchev–Trinajstić information content (AvgIpc) is 1.85. The molecule has 0 aromatic rings. The molecule has 1 rings (SSSR count). The van der Waals surface area contributed by atoms with Crippen molar-refractivity contribution in [2.45, 2.75) is 6.04 Å². The van der Waals surface area contributed by atoms with Crippen LogP contribution in [0.25, 0.3) is 0 Å². The van der Waals surface area contributed by atoms with Gasteiger partial charge in [-0.1, -0.05) is 18.7 Å². The van der Waals surface area contributed by atoms with Gasteiger partial charge in [-0.05, 0) is 6.08 Å². The summed E-state index contributed by atoms with van der Waals surface area (Å²) in [5, 5.41) is 19.3. The summed E-state index contributed by atoms with van der Waals surface area (Å²) < 4.78 is 0. The molecule has 0 spiro atoms. The van der Waals surface area contributed by atoms with Crippen LogP contribution in [0.1, 0.15) is 0 Å². The largest absolute Gasteiger partial charge is 0.505 e. The fourth-order valence-electron chi connectivity index (χ4n) is 0.886. The maximum atomic E-state index is 10.3. The topological polar surface area (TPSA) is 63.4 Å². The van der Waals surface area contributed by atoms with Crippen molar-refractivity contribution in [1.29, 1.82) is 0 Å². The van der Waals surface area contributed by atoms with Gasteiger partial charge >= 0.3 is 0 Å². The quantitative estimate of drug-likeness (QED) is 0.454. The molecule has 0 aliphatic heterocycles. The van der Waals surface area contributed by atoms with Crippen molar-refractivity contribution in [2.24, 2.45) is 0 Å². The molecule has 1 atom stereocenters. The maximum Gasteiger partial charge on any atom is 0.293 e. The second kappa shape index (κ2) is 2.57. The van der Waals surface area contributed by atoms with E-state index in [-0.39, 0.29) is 5.76 Å². The van der Waals surface area contributed by atoms with Crippen molar-refractivity contribution in [3.05, 3.63) is 46.3 Å². The smallest absolute Gasteiger partial charge is 0.293 e. The molecule has 0 aromatic heterocycles. The van der Waals surface area contributed by atoms with Crippen LogP contribution < -0.4 is 0 Å². The monoisotopic (exact) mass is 153 g/mol. The van der Waals surface area contributed by atoms with Gasteiger partial charge in [-0.2, -0.15) is 0 Å². The van der Waals surface area contributed by atoms with E-state index < -0.39 is 11.0 Å². The molecule has 0 radical (unpaired) electrons. The lowest BCUT2D eigenvalue weighted by atomic mass is 10.0. The van der Waals surface area contributed by atoms with Crippen molar-refractivity contribution >= 4 is 0 Å². The van der Waals surface area contributed by atoms with Crippen LogP contribution in [0.15, 0.2) is 36.1 Å². The molecule has 1 N–H and O–H groups in total. The van der Waals surface area contributed by atoms with Gasteiger partial charge in [0.1, 0.15) is 0 Å². The number of aliphatic hydroxyl groups is 1. The molecule has 0 saturated carbocycles. The standard InChI is InChI=1S/C7H7NO3/c1-5-3-2-4-6(9)7(5)8(10)11/h2-4,7,9H,1H2. The van der Waals surface area contributed by atoms with Crippen LogP contribution >= 0.6 is 0 Å². The van der Waals surface area contributed by atoms with E-state index in [0.717, 1.165) is 0 Å². The molecular weight excluding hydrogens is 146 g/mol. The summed E-state index contributed by atoms with van der Waals surface area (Å²) in [6.45, 7) is 3.44. The Bertz CT molecular complexity index is 265. The molecule has 4 heteroatoms. The summed E-state index contributed by atoms with van der Waals surface area (Å²) >= 11 is 0. The fraction of sp³-hybridized carbons (Fsp3) is 0.143. The van der Waals surface area contributed by atoms with E-state index in [4.69, 9.17) is 5.11 Å². The van der Waals surface area contributed by atoms with Crippen molar-refractivity contribution in [3.8, 4) is 0 Å². The summed E-state index contributed by atoms with van der Waals surface area (Å²) in [5.41, 5.74) is 0.301. The minimum Gasteiger partial charge on any atom is -0.505 e. The summed E-state index contributed by atoms with van der Waals surface area (Å²) in [5.74, 6) is -0.262. The summed E-state index contributed by atoms with van der Waals surface area (Å²) in [7, 11) is 0. The van der Waals surface area contributed by atoms with E-state index in [1.54, 1.807) is 0 Å². The van der Waals surface area contributed by atoms with Gasteiger partial charge in [-0.15, -0.1) is 0 Å². The van der Waals surface area contributed by atoms with Gasteiger partial charge in [0.15, 0.2) is 5.76 Å². The second-order valence-corrected chi connectivity index (χ2v) is 2.21. The Morgan fingerprint density at radius 3 is 2.73 bits per heavy atom. The predicted molar refractivity (Wildman–Crippen MR) is 39.8 cm³/mol. The molecule has 1 aliphatic rings. The minimum atomic E-state index is -1.15. The molecule has 0 amide bonds. The molecule has 1 aliphatic carbocycles. The lowest BCUT2D eigenvalue weighted by Crippen LogP contribution is -2.24. The van der Waals surface area contributed by atoms with Crippen LogP contribution in [0.3, 0.4) is 0 Å². The SMILES string of the molecule is C=C1C=CC=C(O)C1[N+](=O)[O-]. The van der Waals surface area contributed by atoms with E-state index in [1.807, 2.05) is 0 Å². The Hall–Kier alpha value is -1.58. The third-order valence-electron chi connectivity index (χ3n) is 1.42. The highest BCUT2D eigenvalue weighted by Crippen LogP contribution is 2.17. The summed E-state index contributed by atoms with van der Waals surface area (Å²) in [6, 6.07) is -1.15. The first kappa shape index (κ1) is 7.53. The van der Waals surface area contributed by atoms with Crippen molar-refractivity contribution < 1.29 is 10.0 Å². The number of aliphatic hydroxyl groups excluding tert-OH is 1. The molecule has 11 heavy (non-hydrogen) atoms. The Kier molecular flexibility index (Phi) is 1.76. The zero-order valence-corrected chi connectivity index (χ0v) is 5.73. The van der Waals surface area contributed by atoms with Gasteiger partial charge < -0.3 is 5.11 Å². The highest BCUT2D eigenvalue weighted by molar-refractivity contribution is 5.34. The van der Waals surface area contributed by atoms with Crippen molar-refractivity contribution in [1.82, 2.24) is 0 Å². The van der Waals surface area contributed by atoms with Crippen LogP contribution in [-0.4, -0.2) is 16.1 Å². The minimum absolute atomic E-state index is 0.262. The number of rotatable bonds is 1. The first-order valence-corrected chi connectivity index (χ1v) is 3.02. The third kappa shape index (κ3) is 1.29. The molecule has 0 heterocycles. The van der Waals surface area contributed by atoms with E-state index >= 15 is 0 Å². The lowest BCUT2D eigenvalue weighted by molar-refractivity contribution is -0.505. The number of allylic oxidation sites excluding steroid dienone is 2. The molecule has 0 aromatic carbocycles. The summed E-state index contributed by atoms with van der Waals surface area (Å²) in [4.78, 5) is 9.71. The second-order valence-electron chi connectivity index (χ2n) is 2.21. The van der Waals surface area contributed by atoms with E-state index in [9.17, 15) is 10.1 Å². The number of nitrogens with zero attached hydrogens (tertiary/aromatic N) is 1. The van der Waals surface area contributed by atoms with Crippen molar-refractivity contribution in [2.75, 3.05) is 0 Å². The highest BCUT2D eigenvalue weighted by Gasteiger charge is 2.28. The van der Waals surface area contributed by atoms with Crippen LogP contribution in [-0.2, 0) is 0 Å². The zero-order chi connectivity index (χ0) is 8.43. The van der Waals surface area contributed by atoms with Crippen LogP contribution in [0, 0.1) is 10.1 Å². The van der Waals surface area contributed by atoms with E-state index in [0.29, 0.717) is 5.57 Å². The van der Waals surface area contributed by atoms with Gasteiger partial charge in [-0.3, -0.25) is 10.1 Å². The van der Waals surface area contributed by atoms with Gasteiger partial charge in [0, 0.05) is 10.5 Å². The predicted octanol–water partition coefficient (Wildman–Crippen LogP) is 1.20. The molecular formula is C7H7NO3. The van der Waals surface area contributed by atoms with Gasteiger partial charge in [-0.25, -0.2) is 0 Å². The maximum absolute atomic E-state index is 10.3. The zero-order valence-electron chi connectivity index (χ0n) is 5.73. The molecule has 0 saturated heterocycles. The van der Waals surface area contributed by atoms with E-state index in [1.165, 1.54) is 18.2 Å².